The number of nitrogen functional groups attached to an aromatic ring is 1. The number of amidine groups is 2. The minimum atomic E-state index is -4.41. The van der Waals surface area contributed by atoms with E-state index in [0.29, 0.717) is 58.6 Å². The van der Waals surface area contributed by atoms with Crippen LogP contribution >= 0.6 is 0 Å². The number of aliphatic carboxylic acids is 1. The van der Waals surface area contributed by atoms with Crippen molar-refractivity contribution in [2.75, 3.05) is 17.4 Å². The summed E-state index contributed by atoms with van der Waals surface area (Å²) in [6, 6.07) is 13.6. The number of benzene rings is 2. The number of ether oxygens (including phenoxy) is 1. The lowest BCUT2D eigenvalue weighted by Gasteiger charge is -2.33. The number of hydrogen-bond acceptors (Lipinski definition) is 7. The Morgan fingerprint density at radius 2 is 1.88 bits per heavy atom. The molecule has 12 nitrogen and oxygen atoms in total. The van der Waals surface area contributed by atoms with Crippen LogP contribution < -0.4 is 14.8 Å². The summed E-state index contributed by atoms with van der Waals surface area (Å²) >= 11 is 0. The maximum atomic E-state index is 13.6. The van der Waals surface area contributed by atoms with E-state index in [-0.39, 0.29) is 18.5 Å². The van der Waals surface area contributed by atoms with Crippen molar-refractivity contribution < 1.29 is 23.1 Å². The normalized spacial score (nSPS) is 16.6. The molecule has 0 spiro atoms. The third-order valence-electron chi connectivity index (χ3n) is 7.16. The van der Waals surface area contributed by atoms with Crippen LogP contribution in [0.25, 0.3) is 11.8 Å². The molecule has 41 heavy (non-hydrogen) atoms. The molecule has 0 unspecified atom stereocenters. The van der Waals surface area contributed by atoms with Gasteiger partial charge in [0.05, 0.1) is 35.1 Å². The third-order valence-corrected chi connectivity index (χ3v) is 8.92. The number of likely N-dealkylation sites (tertiary alicyclic amines) is 1. The van der Waals surface area contributed by atoms with Gasteiger partial charge < -0.3 is 20.5 Å². The van der Waals surface area contributed by atoms with Crippen molar-refractivity contribution >= 4 is 39.4 Å². The SMILES string of the molecule is CC(=N)N1CCC(Oc2ccc3c(c2)C=C(C(=O)O)S(=O)(=O)N3Cc2cc(C)nn2-c2cccc(C(=N)N)c2)CC1. The standard InChI is InChI=1S/C28H31N7O5S/c1-17-12-22(35(32-17)21-5-3-4-19(13-21)27(30)31)16-34-25-7-6-24(40-23-8-10-33(11-9-23)18(2)29)14-20(25)15-26(28(36)37)41(34,38)39/h3-7,12-15,23,29H,8-11,16H2,1-2H3,(H3,30,31)(H,36,37). The van der Waals surface area contributed by atoms with Crippen molar-refractivity contribution in [1.82, 2.24) is 14.7 Å². The summed E-state index contributed by atoms with van der Waals surface area (Å²) in [6.45, 7) is 4.76. The molecule has 2 aliphatic rings. The lowest BCUT2D eigenvalue weighted by Crippen LogP contribution is -2.40. The number of rotatable bonds is 7. The maximum Gasteiger partial charge on any atom is 0.349 e. The van der Waals surface area contributed by atoms with Gasteiger partial charge in [0.15, 0.2) is 4.91 Å². The fourth-order valence-corrected chi connectivity index (χ4v) is 6.56. The number of nitrogens with one attached hydrogen (secondary N) is 2. The van der Waals surface area contributed by atoms with Gasteiger partial charge in [-0.15, -0.1) is 0 Å². The van der Waals surface area contributed by atoms with E-state index in [1.54, 1.807) is 67.1 Å². The maximum absolute atomic E-state index is 13.6. The number of carbonyl (C=O) groups is 1. The Labute approximate surface area is 237 Å². The first-order chi connectivity index (χ1) is 19.4. The molecule has 0 radical (unpaired) electrons. The Kier molecular flexibility index (Phi) is 7.30. The van der Waals surface area contributed by atoms with Gasteiger partial charge in [-0.25, -0.2) is 17.9 Å². The molecule has 0 bridgehead atoms. The van der Waals surface area contributed by atoms with E-state index in [2.05, 4.69) is 5.10 Å². The van der Waals surface area contributed by atoms with Gasteiger partial charge in [-0.05, 0) is 56.3 Å². The first kappa shape index (κ1) is 27.9. The number of aromatic nitrogens is 2. The monoisotopic (exact) mass is 577 g/mol. The van der Waals surface area contributed by atoms with E-state index < -0.39 is 20.9 Å². The van der Waals surface area contributed by atoms with Crippen LogP contribution in [0.1, 0.15) is 42.3 Å². The fraction of sp³-hybridized carbons (Fsp3) is 0.286. The Morgan fingerprint density at radius 3 is 2.54 bits per heavy atom. The number of carboxylic acid groups (broad SMARTS) is 1. The number of nitrogens with two attached hydrogens (primary N) is 1. The fourth-order valence-electron chi connectivity index (χ4n) is 5.10. The Hall–Kier alpha value is -4.65. The topological polar surface area (TPSA) is 179 Å². The van der Waals surface area contributed by atoms with E-state index in [0.717, 1.165) is 23.2 Å². The number of piperidine rings is 1. The second kappa shape index (κ2) is 10.7. The van der Waals surface area contributed by atoms with Crippen LogP contribution in [-0.2, 0) is 21.4 Å². The minimum absolute atomic E-state index is 0.0712. The summed E-state index contributed by atoms with van der Waals surface area (Å²) in [7, 11) is -4.41. The van der Waals surface area contributed by atoms with E-state index in [4.69, 9.17) is 21.3 Å². The largest absolute Gasteiger partial charge is 0.490 e. The second-order valence-corrected chi connectivity index (χ2v) is 11.9. The second-order valence-electron chi connectivity index (χ2n) is 10.1. The minimum Gasteiger partial charge on any atom is -0.490 e. The van der Waals surface area contributed by atoms with Gasteiger partial charge in [-0.1, -0.05) is 12.1 Å². The van der Waals surface area contributed by atoms with E-state index in [1.807, 2.05) is 4.90 Å². The molecule has 3 aromatic rings. The zero-order valence-electron chi connectivity index (χ0n) is 22.7. The highest BCUT2D eigenvalue weighted by molar-refractivity contribution is 7.97. The number of anilines is 1. The number of hydrogen-bond donors (Lipinski definition) is 4. The molecule has 2 aliphatic heterocycles. The molecule has 0 amide bonds. The van der Waals surface area contributed by atoms with Crippen LogP contribution in [0.15, 0.2) is 53.4 Å². The molecule has 214 valence electrons. The molecule has 5 rings (SSSR count). The van der Waals surface area contributed by atoms with Gasteiger partial charge in [0.25, 0.3) is 10.0 Å². The van der Waals surface area contributed by atoms with Crippen molar-refractivity contribution in [2.45, 2.75) is 39.3 Å². The van der Waals surface area contributed by atoms with Crippen molar-refractivity contribution in [3.05, 3.63) is 76.0 Å². The molecule has 2 aromatic carbocycles. The van der Waals surface area contributed by atoms with E-state index >= 15 is 0 Å². The summed E-state index contributed by atoms with van der Waals surface area (Å²) < 4.78 is 35.9. The summed E-state index contributed by atoms with van der Waals surface area (Å²) in [5.41, 5.74) is 8.58. The van der Waals surface area contributed by atoms with Gasteiger partial charge in [0.2, 0.25) is 0 Å². The van der Waals surface area contributed by atoms with Gasteiger partial charge >= 0.3 is 5.97 Å². The molecule has 0 atom stereocenters. The molecule has 1 saturated heterocycles. The predicted octanol–water partition coefficient (Wildman–Crippen LogP) is 3.08. The quantitative estimate of drug-likeness (QED) is 0.244. The highest BCUT2D eigenvalue weighted by Crippen LogP contribution is 2.38. The van der Waals surface area contributed by atoms with Crippen LogP contribution in [0.4, 0.5) is 5.69 Å². The number of aryl methyl sites for hydroxylation is 1. The summed E-state index contributed by atoms with van der Waals surface area (Å²) in [6.07, 6.45) is 2.56. The summed E-state index contributed by atoms with van der Waals surface area (Å²) in [5, 5.41) is 29.9. The lowest BCUT2D eigenvalue weighted by atomic mass is 10.1. The average Bonchev–Trinajstić information content (AvgIpc) is 3.30. The van der Waals surface area contributed by atoms with E-state index in [1.165, 1.54) is 0 Å². The Morgan fingerprint density at radius 1 is 1.15 bits per heavy atom. The molecule has 5 N–H and O–H groups in total. The van der Waals surface area contributed by atoms with Crippen molar-refractivity contribution in [2.24, 2.45) is 5.73 Å². The zero-order valence-corrected chi connectivity index (χ0v) is 23.5. The molecule has 1 fully saturated rings. The molecule has 3 heterocycles. The van der Waals surface area contributed by atoms with E-state index in [9.17, 15) is 18.3 Å². The van der Waals surface area contributed by atoms with Crippen LogP contribution in [0, 0.1) is 17.7 Å². The molecular formula is C28H31N7O5S. The van der Waals surface area contributed by atoms with Gasteiger partial charge in [0, 0.05) is 37.1 Å². The van der Waals surface area contributed by atoms with Gasteiger partial charge in [0.1, 0.15) is 17.7 Å². The third kappa shape index (κ3) is 5.53. The molecule has 1 aromatic heterocycles. The summed E-state index contributed by atoms with van der Waals surface area (Å²) in [5.74, 6) is -0.640. The average molecular weight is 578 g/mol. The van der Waals surface area contributed by atoms with Crippen molar-refractivity contribution in [1.29, 1.82) is 10.8 Å². The highest BCUT2D eigenvalue weighted by atomic mass is 32.2. The smallest absolute Gasteiger partial charge is 0.349 e. The molecule has 0 saturated carbocycles. The van der Waals surface area contributed by atoms with Gasteiger partial charge in [-0.2, -0.15) is 5.10 Å². The number of fused-ring (bicyclic) bond motifs is 1. The summed E-state index contributed by atoms with van der Waals surface area (Å²) in [4.78, 5) is 13.3. The first-order valence-electron chi connectivity index (χ1n) is 13.0. The number of sulfonamides is 1. The van der Waals surface area contributed by atoms with Crippen LogP contribution in [-0.4, -0.2) is 65.0 Å². The predicted molar refractivity (Wildman–Crippen MR) is 155 cm³/mol. The Bertz CT molecular complexity index is 1690. The zero-order chi connectivity index (χ0) is 29.5. The molecular weight excluding hydrogens is 546 g/mol. The van der Waals surface area contributed by atoms with Crippen molar-refractivity contribution in [3.8, 4) is 11.4 Å². The van der Waals surface area contributed by atoms with Gasteiger partial charge in [-0.3, -0.25) is 15.1 Å². The van der Waals surface area contributed by atoms with Crippen molar-refractivity contribution in [3.63, 3.8) is 0 Å². The number of carboxylic acids is 1. The molecule has 13 heteroatoms. The van der Waals surface area contributed by atoms with Crippen LogP contribution in [0.2, 0.25) is 0 Å². The van der Waals surface area contributed by atoms with Crippen LogP contribution in [0.3, 0.4) is 0 Å². The molecule has 0 aliphatic carbocycles. The highest BCUT2D eigenvalue weighted by Gasteiger charge is 2.37. The lowest BCUT2D eigenvalue weighted by molar-refractivity contribution is -0.131. The number of nitrogens with zero attached hydrogens (tertiary/aromatic N) is 4. The first-order valence-corrected chi connectivity index (χ1v) is 14.5. The van der Waals surface area contributed by atoms with Crippen LogP contribution in [0.5, 0.6) is 5.75 Å². The Balaban J connectivity index is 1.49.